The van der Waals surface area contributed by atoms with Crippen molar-refractivity contribution in [1.29, 1.82) is 0 Å². The van der Waals surface area contributed by atoms with Crippen LogP contribution in [0.4, 0.5) is 5.69 Å². The van der Waals surface area contributed by atoms with Crippen LogP contribution >= 0.6 is 11.6 Å². The van der Waals surface area contributed by atoms with Crippen LogP contribution in [0.5, 0.6) is 0 Å². The van der Waals surface area contributed by atoms with Gasteiger partial charge >= 0.3 is 0 Å². The van der Waals surface area contributed by atoms with Gasteiger partial charge in [-0.15, -0.1) is 0 Å². The van der Waals surface area contributed by atoms with E-state index in [1.807, 2.05) is 19.1 Å². The molecule has 0 aliphatic rings. The molecule has 0 saturated carbocycles. The number of aromatic nitrogens is 1. The topological polar surface area (TPSA) is 77.1 Å². The van der Waals surface area contributed by atoms with Crippen LogP contribution in [0.3, 0.4) is 0 Å². The Morgan fingerprint density at radius 1 is 1.26 bits per heavy atom. The van der Waals surface area contributed by atoms with Gasteiger partial charge in [-0.25, -0.2) is 0 Å². The molecular weight excluding hydrogens is 314 g/mol. The van der Waals surface area contributed by atoms with Crippen molar-refractivity contribution in [3.05, 3.63) is 63.5 Å². The predicted octanol–water partition coefficient (Wildman–Crippen LogP) is 2.94. The lowest BCUT2D eigenvalue weighted by atomic mass is 10.1. The van der Waals surface area contributed by atoms with Gasteiger partial charge in [0.25, 0.3) is 5.56 Å². The van der Waals surface area contributed by atoms with Crippen molar-refractivity contribution >= 4 is 23.2 Å². The van der Waals surface area contributed by atoms with Crippen molar-refractivity contribution in [1.82, 2.24) is 4.57 Å². The van der Waals surface area contributed by atoms with Crippen LogP contribution in [-0.4, -0.2) is 10.5 Å². The highest BCUT2D eigenvalue weighted by molar-refractivity contribution is 6.30. The summed E-state index contributed by atoms with van der Waals surface area (Å²) >= 11 is 5.96. The minimum atomic E-state index is -0.597. The van der Waals surface area contributed by atoms with Crippen LogP contribution in [0.25, 0.3) is 0 Å². The number of nitrogens with zero attached hydrogens (tertiary/aromatic N) is 1. The molecule has 5 nitrogen and oxygen atoms in total. The Morgan fingerprint density at radius 3 is 2.57 bits per heavy atom. The van der Waals surface area contributed by atoms with Crippen LogP contribution in [-0.2, 0) is 11.3 Å². The fourth-order valence-corrected chi connectivity index (χ4v) is 2.51. The number of amides is 1. The first-order valence-corrected chi connectivity index (χ1v) is 7.90. The zero-order valence-corrected chi connectivity index (χ0v) is 13.7. The maximum Gasteiger partial charge on any atom is 0.251 e. The molecular formula is C17H20ClN3O2. The number of halogens is 1. The molecule has 1 aromatic carbocycles. The molecule has 2 aromatic rings. The molecule has 122 valence electrons. The lowest BCUT2D eigenvalue weighted by Crippen LogP contribution is -2.32. The van der Waals surface area contributed by atoms with Crippen LogP contribution < -0.4 is 16.6 Å². The van der Waals surface area contributed by atoms with Gasteiger partial charge in [-0.3, -0.25) is 9.59 Å². The highest BCUT2D eigenvalue weighted by Gasteiger charge is 2.20. The van der Waals surface area contributed by atoms with E-state index < -0.39 is 6.04 Å². The number of anilines is 1. The van der Waals surface area contributed by atoms with Crippen LogP contribution in [0.1, 0.15) is 31.4 Å². The molecule has 0 aliphatic heterocycles. The lowest BCUT2D eigenvalue weighted by Gasteiger charge is -2.19. The number of carbonyl (C=O) groups is 1. The third-order valence-corrected chi connectivity index (χ3v) is 3.78. The minimum absolute atomic E-state index is 0.239. The van der Waals surface area contributed by atoms with E-state index in [0.29, 0.717) is 23.7 Å². The van der Waals surface area contributed by atoms with E-state index >= 15 is 0 Å². The average molecular weight is 334 g/mol. The summed E-state index contributed by atoms with van der Waals surface area (Å²) in [6, 6.07) is 9.60. The Kier molecular flexibility index (Phi) is 5.96. The molecule has 0 saturated heterocycles. The predicted molar refractivity (Wildman–Crippen MR) is 92.6 cm³/mol. The van der Waals surface area contributed by atoms with Gasteiger partial charge < -0.3 is 15.6 Å². The van der Waals surface area contributed by atoms with E-state index in [2.05, 4.69) is 5.32 Å². The number of pyridine rings is 1. The van der Waals surface area contributed by atoms with Crippen molar-refractivity contribution in [2.75, 3.05) is 5.32 Å². The standard InChI is InChI=1S/C17H20ClN3O2/c1-2-3-15(21-11-13(18)6-9-16(21)22)17(23)20-14-7-4-12(10-19)5-8-14/h4-9,11,15H,2-3,10,19H2,1H3,(H,20,23). The summed E-state index contributed by atoms with van der Waals surface area (Å²) in [4.78, 5) is 24.6. The summed E-state index contributed by atoms with van der Waals surface area (Å²) < 4.78 is 1.38. The van der Waals surface area contributed by atoms with Crippen LogP contribution in [0.15, 0.2) is 47.4 Å². The molecule has 0 fully saturated rings. The summed E-state index contributed by atoms with van der Waals surface area (Å²) in [5.74, 6) is -0.239. The van der Waals surface area contributed by atoms with E-state index in [1.165, 1.54) is 22.9 Å². The maximum atomic E-state index is 12.6. The number of rotatable bonds is 6. The molecule has 1 atom stereocenters. The fourth-order valence-electron chi connectivity index (χ4n) is 2.34. The first-order chi connectivity index (χ1) is 11.0. The number of hydrogen-bond acceptors (Lipinski definition) is 3. The zero-order chi connectivity index (χ0) is 16.8. The molecule has 0 spiro atoms. The van der Waals surface area contributed by atoms with E-state index in [-0.39, 0.29) is 11.5 Å². The number of nitrogens with one attached hydrogen (secondary N) is 1. The van der Waals surface area contributed by atoms with E-state index in [9.17, 15) is 9.59 Å². The second kappa shape index (κ2) is 7.94. The SMILES string of the molecule is CCCC(C(=O)Nc1ccc(CN)cc1)n1cc(Cl)ccc1=O. The molecule has 6 heteroatoms. The van der Waals surface area contributed by atoms with E-state index in [0.717, 1.165) is 12.0 Å². The maximum absolute atomic E-state index is 12.6. The lowest BCUT2D eigenvalue weighted by molar-refractivity contribution is -0.119. The number of nitrogens with two attached hydrogens (primary N) is 1. The normalized spacial score (nSPS) is 12.0. The van der Waals surface area contributed by atoms with Gasteiger partial charge in [0.2, 0.25) is 5.91 Å². The monoisotopic (exact) mass is 333 g/mol. The Morgan fingerprint density at radius 2 is 1.96 bits per heavy atom. The third-order valence-electron chi connectivity index (χ3n) is 3.56. The highest BCUT2D eigenvalue weighted by atomic mass is 35.5. The largest absolute Gasteiger partial charge is 0.326 e. The quantitative estimate of drug-likeness (QED) is 0.853. The molecule has 23 heavy (non-hydrogen) atoms. The summed E-state index contributed by atoms with van der Waals surface area (Å²) in [6.07, 6.45) is 2.82. The van der Waals surface area contributed by atoms with Gasteiger partial charge in [-0.05, 0) is 30.2 Å². The molecule has 0 bridgehead atoms. The van der Waals surface area contributed by atoms with E-state index in [4.69, 9.17) is 17.3 Å². The van der Waals surface area contributed by atoms with Crippen LogP contribution in [0.2, 0.25) is 5.02 Å². The fraction of sp³-hybridized carbons (Fsp3) is 0.294. The number of benzene rings is 1. The Labute approximate surface area is 140 Å². The third kappa shape index (κ3) is 4.43. The smallest absolute Gasteiger partial charge is 0.251 e. The number of hydrogen-bond donors (Lipinski definition) is 2. The molecule has 1 heterocycles. The molecule has 1 aromatic heterocycles. The Hall–Kier alpha value is -2.11. The van der Waals surface area contributed by atoms with Crippen LogP contribution in [0, 0.1) is 0 Å². The van der Waals surface area contributed by atoms with Gasteiger partial charge in [-0.1, -0.05) is 37.1 Å². The van der Waals surface area contributed by atoms with Crippen molar-refractivity contribution < 1.29 is 4.79 Å². The van der Waals surface area contributed by atoms with Crippen molar-refractivity contribution in [3.8, 4) is 0 Å². The first kappa shape index (κ1) is 17.2. The van der Waals surface area contributed by atoms with Crippen molar-refractivity contribution in [2.24, 2.45) is 5.73 Å². The molecule has 0 radical (unpaired) electrons. The second-order valence-corrected chi connectivity index (χ2v) is 5.72. The van der Waals surface area contributed by atoms with Gasteiger partial charge in [0, 0.05) is 24.5 Å². The molecule has 1 amide bonds. The van der Waals surface area contributed by atoms with Gasteiger partial charge in [0.15, 0.2) is 0 Å². The summed E-state index contributed by atoms with van der Waals surface area (Å²) in [5, 5.41) is 3.26. The molecule has 3 N–H and O–H groups in total. The average Bonchev–Trinajstić information content (AvgIpc) is 2.55. The molecule has 0 aliphatic carbocycles. The van der Waals surface area contributed by atoms with Gasteiger partial charge in [0.1, 0.15) is 6.04 Å². The molecule has 1 unspecified atom stereocenters. The van der Waals surface area contributed by atoms with Crippen molar-refractivity contribution in [2.45, 2.75) is 32.4 Å². The summed E-state index contributed by atoms with van der Waals surface area (Å²) in [6.45, 7) is 2.41. The summed E-state index contributed by atoms with van der Waals surface area (Å²) in [5.41, 5.74) is 6.96. The summed E-state index contributed by atoms with van der Waals surface area (Å²) in [7, 11) is 0. The van der Waals surface area contributed by atoms with Gasteiger partial charge in [-0.2, -0.15) is 0 Å². The van der Waals surface area contributed by atoms with Gasteiger partial charge in [0.05, 0.1) is 5.02 Å². The Balaban J connectivity index is 2.24. The second-order valence-electron chi connectivity index (χ2n) is 5.29. The number of carbonyl (C=O) groups excluding carboxylic acids is 1. The highest BCUT2D eigenvalue weighted by Crippen LogP contribution is 2.18. The van der Waals surface area contributed by atoms with E-state index in [1.54, 1.807) is 12.1 Å². The Bertz CT molecular complexity index is 725. The first-order valence-electron chi connectivity index (χ1n) is 7.52. The molecule has 2 rings (SSSR count). The van der Waals surface area contributed by atoms with Crippen molar-refractivity contribution in [3.63, 3.8) is 0 Å². The minimum Gasteiger partial charge on any atom is -0.326 e. The zero-order valence-electron chi connectivity index (χ0n) is 13.0.